The van der Waals surface area contributed by atoms with Gasteiger partial charge in [0.15, 0.2) is 0 Å². The Morgan fingerprint density at radius 3 is 2.54 bits per heavy atom. The van der Waals surface area contributed by atoms with Gasteiger partial charge >= 0.3 is 5.97 Å². The van der Waals surface area contributed by atoms with Gasteiger partial charge in [-0.3, -0.25) is 9.59 Å². The number of carboxylic acid groups (broad SMARTS) is 1. The van der Waals surface area contributed by atoms with Gasteiger partial charge in [-0.25, -0.2) is 4.98 Å². The van der Waals surface area contributed by atoms with E-state index >= 15 is 0 Å². The van der Waals surface area contributed by atoms with Crippen LogP contribution in [-0.2, 0) is 16.0 Å². The third-order valence-electron chi connectivity index (χ3n) is 4.05. The lowest BCUT2D eigenvalue weighted by Crippen LogP contribution is -2.42. The molecule has 0 fully saturated rings. The topological polar surface area (TPSA) is 79.7 Å². The third kappa shape index (κ3) is 5.29. The first-order chi connectivity index (χ1) is 12.4. The summed E-state index contributed by atoms with van der Waals surface area (Å²) in [5.41, 5.74) is 1.61. The minimum atomic E-state index is -1.01. The van der Waals surface area contributed by atoms with Crippen molar-refractivity contribution in [1.82, 2.24) is 9.88 Å². The van der Waals surface area contributed by atoms with Gasteiger partial charge in [0.25, 0.3) is 0 Å². The number of thiazole rings is 1. The Morgan fingerprint density at radius 1 is 1.27 bits per heavy atom. The number of benzene rings is 1. The zero-order chi connectivity index (χ0) is 19.1. The van der Waals surface area contributed by atoms with Crippen LogP contribution in [0.2, 0.25) is 0 Å². The second kappa shape index (κ2) is 9.33. The fourth-order valence-electron chi connectivity index (χ4n) is 2.49. The molecule has 26 heavy (non-hydrogen) atoms. The molecule has 1 aromatic carbocycles. The molecular formula is C19H24N2O4S. The summed E-state index contributed by atoms with van der Waals surface area (Å²) in [6.07, 6.45) is 0.804. The summed E-state index contributed by atoms with van der Waals surface area (Å²) in [4.78, 5) is 29.5. The summed E-state index contributed by atoms with van der Waals surface area (Å²) < 4.78 is 5.43. The van der Waals surface area contributed by atoms with Crippen LogP contribution in [0.5, 0.6) is 5.75 Å². The Morgan fingerprint density at radius 2 is 1.96 bits per heavy atom. The Bertz CT molecular complexity index is 742. The molecule has 140 valence electrons. The van der Waals surface area contributed by atoms with Crippen LogP contribution in [0.4, 0.5) is 0 Å². The number of hydrogen-bond acceptors (Lipinski definition) is 5. The molecular weight excluding hydrogens is 352 g/mol. The highest BCUT2D eigenvalue weighted by atomic mass is 32.1. The summed E-state index contributed by atoms with van der Waals surface area (Å²) in [5.74, 6) is -0.418. The Labute approximate surface area is 157 Å². The molecule has 0 saturated heterocycles. The van der Waals surface area contributed by atoms with E-state index in [1.54, 1.807) is 0 Å². The molecule has 1 N–H and O–H groups in total. The van der Waals surface area contributed by atoms with E-state index in [0.29, 0.717) is 18.7 Å². The second-order valence-corrected chi connectivity index (χ2v) is 6.81. The molecule has 2 aromatic rings. The van der Waals surface area contributed by atoms with Crippen LogP contribution >= 0.6 is 11.3 Å². The van der Waals surface area contributed by atoms with E-state index in [1.165, 1.54) is 16.2 Å². The van der Waals surface area contributed by atoms with Crippen LogP contribution < -0.4 is 4.74 Å². The van der Waals surface area contributed by atoms with Gasteiger partial charge in [-0.05, 0) is 44.5 Å². The summed E-state index contributed by atoms with van der Waals surface area (Å²) in [7, 11) is 0. The van der Waals surface area contributed by atoms with Crippen LogP contribution in [0.3, 0.4) is 0 Å². The van der Waals surface area contributed by atoms with Crippen LogP contribution in [0, 0.1) is 0 Å². The van der Waals surface area contributed by atoms with E-state index in [2.05, 4.69) is 4.98 Å². The first kappa shape index (κ1) is 19.9. The van der Waals surface area contributed by atoms with Crippen molar-refractivity contribution in [3.8, 4) is 16.3 Å². The molecule has 0 radical (unpaired) electrons. The summed E-state index contributed by atoms with van der Waals surface area (Å²) in [5, 5.41) is 11.7. The number of aromatic nitrogens is 1. The Balaban J connectivity index is 2.08. The maximum absolute atomic E-state index is 12.5. The SMILES string of the molecule is CCOc1ccc(-c2nc(CC(=O)N(CC(=O)O)C(C)CC)cs2)cc1. The first-order valence-corrected chi connectivity index (χ1v) is 9.51. The molecule has 6 nitrogen and oxygen atoms in total. The van der Waals surface area contributed by atoms with Crippen LogP contribution in [-0.4, -0.2) is 46.1 Å². The van der Waals surface area contributed by atoms with E-state index in [1.807, 2.05) is 50.4 Å². The largest absolute Gasteiger partial charge is 0.494 e. The lowest BCUT2D eigenvalue weighted by atomic mass is 10.2. The van der Waals surface area contributed by atoms with Gasteiger partial charge in [-0.2, -0.15) is 0 Å². The number of amides is 1. The first-order valence-electron chi connectivity index (χ1n) is 8.63. The van der Waals surface area contributed by atoms with Gasteiger partial charge in [0, 0.05) is 17.0 Å². The molecule has 1 amide bonds. The van der Waals surface area contributed by atoms with E-state index in [9.17, 15) is 9.59 Å². The molecule has 1 atom stereocenters. The van der Waals surface area contributed by atoms with Crippen molar-refractivity contribution >= 4 is 23.2 Å². The average molecular weight is 376 g/mol. The normalized spacial score (nSPS) is 11.8. The van der Waals surface area contributed by atoms with Gasteiger partial charge < -0.3 is 14.7 Å². The fraction of sp³-hybridized carbons (Fsp3) is 0.421. The standard InChI is InChI=1S/C19H24N2O4S/c1-4-13(3)21(11-18(23)24)17(22)10-15-12-26-19(20-15)14-6-8-16(9-7-14)25-5-2/h6-9,12-13H,4-5,10-11H2,1-3H3,(H,23,24). The van der Waals surface area contributed by atoms with Crippen molar-refractivity contribution in [3.63, 3.8) is 0 Å². The van der Waals surface area contributed by atoms with Crippen molar-refractivity contribution in [3.05, 3.63) is 35.3 Å². The summed E-state index contributed by atoms with van der Waals surface area (Å²) in [6.45, 7) is 6.05. The molecule has 7 heteroatoms. The molecule has 2 rings (SSSR count). The molecule has 1 heterocycles. The predicted molar refractivity (Wildman–Crippen MR) is 102 cm³/mol. The van der Waals surface area contributed by atoms with Crippen molar-refractivity contribution < 1.29 is 19.4 Å². The smallest absolute Gasteiger partial charge is 0.323 e. The van der Waals surface area contributed by atoms with Crippen LogP contribution in [0.15, 0.2) is 29.6 Å². The maximum Gasteiger partial charge on any atom is 0.323 e. The minimum absolute atomic E-state index is 0.102. The maximum atomic E-state index is 12.5. The molecule has 0 saturated carbocycles. The number of nitrogens with zero attached hydrogens (tertiary/aromatic N) is 2. The van der Waals surface area contributed by atoms with Crippen molar-refractivity contribution in [1.29, 1.82) is 0 Å². The Hall–Kier alpha value is -2.41. The lowest BCUT2D eigenvalue weighted by Gasteiger charge is -2.26. The minimum Gasteiger partial charge on any atom is -0.494 e. The van der Waals surface area contributed by atoms with Crippen molar-refractivity contribution in [2.75, 3.05) is 13.2 Å². The molecule has 0 aliphatic carbocycles. The van der Waals surface area contributed by atoms with Crippen LogP contribution in [0.1, 0.15) is 32.9 Å². The van der Waals surface area contributed by atoms with Crippen molar-refractivity contribution in [2.45, 2.75) is 39.7 Å². The highest BCUT2D eigenvalue weighted by Crippen LogP contribution is 2.26. The van der Waals surface area contributed by atoms with Gasteiger partial charge in [0.1, 0.15) is 17.3 Å². The third-order valence-corrected chi connectivity index (χ3v) is 4.99. The highest BCUT2D eigenvalue weighted by Gasteiger charge is 2.22. The zero-order valence-corrected chi connectivity index (χ0v) is 16.1. The van der Waals surface area contributed by atoms with Gasteiger partial charge in [-0.1, -0.05) is 6.92 Å². The van der Waals surface area contributed by atoms with E-state index in [4.69, 9.17) is 9.84 Å². The average Bonchev–Trinajstić information content (AvgIpc) is 3.08. The molecule has 0 bridgehead atoms. The van der Waals surface area contributed by atoms with E-state index in [-0.39, 0.29) is 24.9 Å². The van der Waals surface area contributed by atoms with Gasteiger partial charge in [0.2, 0.25) is 5.91 Å². The van der Waals surface area contributed by atoms with Crippen LogP contribution in [0.25, 0.3) is 10.6 Å². The van der Waals surface area contributed by atoms with Gasteiger partial charge in [-0.15, -0.1) is 11.3 Å². The van der Waals surface area contributed by atoms with E-state index < -0.39 is 5.97 Å². The number of carboxylic acids is 1. The number of hydrogen-bond donors (Lipinski definition) is 1. The monoisotopic (exact) mass is 376 g/mol. The summed E-state index contributed by atoms with van der Waals surface area (Å²) in [6, 6.07) is 7.53. The van der Waals surface area contributed by atoms with Gasteiger partial charge in [0.05, 0.1) is 18.7 Å². The summed E-state index contributed by atoms with van der Waals surface area (Å²) >= 11 is 1.46. The van der Waals surface area contributed by atoms with E-state index in [0.717, 1.165) is 16.3 Å². The predicted octanol–water partition coefficient (Wildman–Crippen LogP) is 3.46. The zero-order valence-electron chi connectivity index (χ0n) is 15.3. The molecule has 0 spiro atoms. The molecule has 1 aromatic heterocycles. The molecule has 0 aliphatic heterocycles. The number of aliphatic carboxylic acids is 1. The number of rotatable bonds is 9. The molecule has 1 unspecified atom stereocenters. The number of carbonyl (C=O) groups excluding carboxylic acids is 1. The van der Waals surface area contributed by atoms with Crippen molar-refractivity contribution in [2.24, 2.45) is 0 Å². The lowest BCUT2D eigenvalue weighted by molar-refractivity contribution is -0.145. The highest BCUT2D eigenvalue weighted by molar-refractivity contribution is 7.13. The molecule has 0 aliphatic rings. The number of ether oxygens (including phenoxy) is 1. The quantitative estimate of drug-likeness (QED) is 0.725. The Kier molecular flexibility index (Phi) is 7.15. The second-order valence-electron chi connectivity index (χ2n) is 5.95. The number of carbonyl (C=O) groups is 2. The fourth-order valence-corrected chi connectivity index (χ4v) is 3.32.